The molecule has 0 unspecified atom stereocenters. The van der Waals surface area contributed by atoms with Crippen LogP contribution in [0.1, 0.15) is 41.0 Å². The Balaban J connectivity index is 1.94. The first-order valence-electron chi connectivity index (χ1n) is 9.49. The largest absolute Gasteiger partial charge is 0.490 e. The first-order valence-corrected chi connectivity index (χ1v) is 9.49. The summed E-state index contributed by atoms with van der Waals surface area (Å²) in [6.45, 7) is 6.00. The number of carboxylic acids is 1. The predicted octanol–water partition coefficient (Wildman–Crippen LogP) is 5.33. The van der Waals surface area contributed by atoms with E-state index in [1.54, 1.807) is 12.1 Å². The van der Waals surface area contributed by atoms with Crippen molar-refractivity contribution >= 4 is 5.97 Å². The number of aryl methyl sites for hydroxylation is 3. The fraction of sp³-hybridized carbons (Fsp3) is 0.250. The lowest BCUT2D eigenvalue weighted by Crippen LogP contribution is -2.09. The molecule has 0 saturated carbocycles. The molecular formula is C24H25NO3. The van der Waals surface area contributed by atoms with E-state index < -0.39 is 5.97 Å². The fourth-order valence-electron chi connectivity index (χ4n) is 3.09. The summed E-state index contributed by atoms with van der Waals surface area (Å²) in [4.78, 5) is 16.4. The van der Waals surface area contributed by atoms with E-state index in [0.29, 0.717) is 12.1 Å². The van der Waals surface area contributed by atoms with Gasteiger partial charge < -0.3 is 9.84 Å². The summed E-state index contributed by atoms with van der Waals surface area (Å²) in [5.74, 6) is -0.206. The van der Waals surface area contributed by atoms with E-state index in [2.05, 4.69) is 24.3 Å². The minimum Gasteiger partial charge on any atom is -0.490 e. The van der Waals surface area contributed by atoms with Crippen LogP contribution in [0.5, 0.6) is 5.75 Å². The Morgan fingerprint density at radius 1 is 1.00 bits per heavy atom. The van der Waals surface area contributed by atoms with Crippen LogP contribution in [-0.2, 0) is 12.8 Å². The zero-order valence-corrected chi connectivity index (χ0v) is 16.5. The van der Waals surface area contributed by atoms with E-state index in [0.717, 1.165) is 29.0 Å². The molecule has 0 amide bonds. The van der Waals surface area contributed by atoms with E-state index in [-0.39, 0.29) is 11.7 Å². The number of ether oxygens (including phenoxy) is 1. The number of carbonyl (C=O) groups is 1. The van der Waals surface area contributed by atoms with Crippen LogP contribution < -0.4 is 4.74 Å². The van der Waals surface area contributed by atoms with Gasteiger partial charge in [0.2, 0.25) is 0 Å². The van der Waals surface area contributed by atoms with Crippen molar-refractivity contribution in [3.05, 3.63) is 83.0 Å². The van der Waals surface area contributed by atoms with Gasteiger partial charge in [-0.05, 0) is 63.4 Å². The number of pyridine rings is 1. The summed E-state index contributed by atoms with van der Waals surface area (Å²) >= 11 is 0. The molecule has 0 spiro atoms. The first-order chi connectivity index (χ1) is 13.4. The van der Waals surface area contributed by atoms with Crippen molar-refractivity contribution < 1.29 is 14.6 Å². The van der Waals surface area contributed by atoms with Gasteiger partial charge >= 0.3 is 5.97 Å². The molecule has 3 aromatic rings. The van der Waals surface area contributed by atoms with Crippen LogP contribution in [0, 0.1) is 6.92 Å². The molecule has 0 fully saturated rings. The van der Waals surface area contributed by atoms with Crippen molar-refractivity contribution in [1.29, 1.82) is 0 Å². The number of carboxylic acid groups (broad SMARTS) is 1. The minimum atomic E-state index is -0.954. The van der Waals surface area contributed by atoms with Gasteiger partial charge in [0.1, 0.15) is 5.75 Å². The Kier molecular flexibility index (Phi) is 6.09. The second-order valence-corrected chi connectivity index (χ2v) is 7.14. The van der Waals surface area contributed by atoms with Crippen molar-refractivity contribution in [1.82, 2.24) is 4.98 Å². The molecule has 28 heavy (non-hydrogen) atoms. The van der Waals surface area contributed by atoms with Crippen LogP contribution >= 0.6 is 0 Å². The quantitative estimate of drug-likeness (QED) is 0.606. The lowest BCUT2D eigenvalue weighted by molar-refractivity contribution is 0.0695. The maximum absolute atomic E-state index is 11.7. The fourth-order valence-corrected chi connectivity index (χ4v) is 3.09. The average Bonchev–Trinajstić information content (AvgIpc) is 2.67. The molecule has 0 atom stereocenters. The third kappa shape index (κ3) is 4.77. The Bertz CT molecular complexity index is 962. The summed E-state index contributed by atoms with van der Waals surface area (Å²) in [6.07, 6.45) is 1.34. The van der Waals surface area contributed by atoms with Gasteiger partial charge in [-0.2, -0.15) is 0 Å². The Morgan fingerprint density at radius 2 is 1.71 bits per heavy atom. The van der Waals surface area contributed by atoms with Gasteiger partial charge in [-0.3, -0.25) is 4.98 Å². The van der Waals surface area contributed by atoms with Crippen molar-refractivity contribution in [2.45, 2.75) is 39.7 Å². The third-order valence-corrected chi connectivity index (χ3v) is 4.50. The number of rotatable bonds is 7. The Labute approximate surface area is 165 Å². The van der Waals surface area contributed by atoms with Crippen molar-refractivity contribution in [3.8, 4) is 17.0 Å². The molecule has 4 heteroatoms. The molecule has 1 aromatic heterocycles. The van der Waals surface area contributed by atoms with Gasteiger partial charge in [-0.15, -0.1) is 0 Å². The van der Waals surface area contributed by atoms with E-state index in [4.69, 9.17) is 9.72 Å². The standard InChI is InChI=1S/C24H25NO3/c1-16(2)28-23-7-5-4-6-19(23)21-15-13-20(24(26)27)22(25-21)14-12-18-10-8-17(3)9-11-18/h4-11,13,15-16H,12,14H2,1-3H3,(H,26,27). The zero-order valence-electron chi connectivity index (χ0n) is 16.5. The second-order valence-electron chi connectivity index (χ2n) is 7.14. The number of aromatic nitrogens is 1. The van der Waals surface area contributed by atoms with E-state index >= 15 is 0 Å². The highest BCUT2D eigenvalue weighted by atomic mass is 16.5. The van der Waals surface area contributed by atoms with Crippen LogP contribution in [-0.4, -0.2) is 22.2 Å². The molecule has 0 saturated heterocycles. The van der Waals surface area contributed by atoms with Crippen LogP contribution in [0.3, 0.4) is 0 Å². The van der Waals surface area contributed by atoms with Crippen LogP contribution in [0.2, 0.25) is 0 Å². The molecule has 1 N–H and O–H groups in total. The van der Waals surface area contributed by atoms with Crippen LogP contribution in [0.25, 0.3) is 11.3 Å². The van der Waals surface area contributed by atoms with Crippen molar-refractivity contribution in [3.63, 3.8) is 0 Å². The number of hydrogen-bond donors (Lipinski definition) is 1. The van der Waals surface area contributed by atoms with E-state index in [9.17, 15) is 9.90 Å². The maximum atomic E-state index is 11.7. The normalized spacial score (nSPS) is 10.9. The second kappa shape index (κ2) is 8.70. The summed E-state index contributed by atoms with van der Waals surface area (Å²) in [5, 5.41) is 9.57. The molecule has 0 aliphatic carbocycles. The highest BCUT2D eigenvalue weighted by Crippen LogP contribution is 2.30. The molecule has 2 aromatic carbocycles. The average molecular weight is 375 g/mol. The number of para-hydroxylation sites is 1. The van der Waals surface area contributed by atoms with Crippen molar-refractivity contribution in [2.75, 3.05) is 0 Å². The molecular weight excluding hydrogens is 350 g/mol. The molecule has 0 radical (unpaired) electrons. The third-order valence-electron chi connectivity index (χ3n) is 4.50. The topological polar surface area (TPSA) is 59.4 Å². The smallest absolute Gasteiger partial charge is 0.337 e. The summed E-state index contributed by atoms with van der Waals surface area (Å²) in [6, 6.07) is 19.4. The zero-order chi connectivity index (χ0) is 20.1. The highest BCUT2D eigenvalue weighted by Gasteiger charge is 2.15. The maximum Gasteiger partial charge on any atom is 0.337 e. The lowest BCUT2D eigenvalue weighted by atomic mass is 10.0. The van der Waals surface area contributed by atoms with E-state index in [1.807, 2.05) is 45.0 Å². The van der Waals surface area contributed by atoms with Gasteiger partial charge in [0.05, 0.1) is 23.1 Å². The molecule has 0 aliphatic heterocycles. The molecule has 144 valence electrons. The highest BCUT2D eigenvalue weighted by molar-refractivity contribution is 5.89. The monoisotopic (exact) mass is 375 g/mol. The molecule has 4 nitrogen and oxygen atoms in total. The Hall–Kier alpha value is -3.14. The summed E-state index contributed by atoms with van der Waals surface area (Å²) in [7, 11) is 0. The molecule has 0 aliphatic rings. The number of nitrogens with zero attached hydrogens (tertiary/aromatic N) is 1. The van der Waals surface area contributed by atoms with Crippen LogP contribution in [0.15, 0.2) is 60.7 Å². The van der Waals surface area contributed by atoms with Gasteiger partial charge in [-0.25, -0.2) is 4.79 Å². The summed E-state index contributed by atoms with van der Waals surface area (Å²) < 4.78 is 5.90. The number of hydrogen-bond acceptors (Lipinski definition) is 3. The van der Waals surface area contributed by atoms with Gasteiger partial charge in [0.15, 0.2) is 0 Å². The van der Waals surface area contributed by atoms with E-state index in [1.165, 1.54) is 5.56 Å². The minimum absolute atomic E-state index is 0.0421. The van der Waals surface area contributed by atoms with Gasteiger partial charge in [0, 0.05) is 5.56 Å². The molecule has 3 rings (SSSR count). The lowest BCUT2D eigenvalue weighted by Gasteiger charge is -2.15. The molecule has 0 bridgehead atoms. The SMILES string of the molecule is Cc1ccc(CCc2nc(-c3ccccc3OC(C)C)ccc2C(=O)O)cc1. The van der Waals surface area contributed by atoms with Crippen LogP contribution in [0.4, 0.5) is 0 Å². The number of benzene rings is 2. The van der Waals surface area contributed by atoms with Gasteiger partial charge in [-0.1, -0.05) is 42.0 Å². The van der Waals surface area contributed by atoms with Gasteiger partial charge in [0.25, 0.3) is 0 Å². The number of aromatic carboxylic acids is 1. The Morgan fingerprint density at radius 3 is 2.39 bits per heavy atom. The first kappa shape index (κ1) is 19.6. The molecule has 1 heterocycles. The predicted molar refractivity (Wildman–Crippen MR) is 111 cm³/mol. The summed E-state index contributed by atoms with van der Waals surface area (Å²) in [5.41, 5.74) is 4.79. The van der Waals surface area contributed by atoms with Crippen molar-refractivity contribution in [2.24, 2.45) is 0 Å².